The Labute approximate surface area is 115 Å². The van der Waals surface area contributed by atoms with Crippen molar-refractivity contribution in [2.24, 2.45) is 0 Å². The first kappa shape index (κ1) is 13.5. The number of hydrogen-bond acceptors (Lipinski definition) is 2. The standard InChI is InChI=1S/C14H12ClFN2O/c15-13-6-2-5-12(18-13)14(19)17-8-7-10-3-1-4-11(16)9-10/h1-6,9H,7-8H2,(H,17,19). The van der Waals surface area contributed by atoms with E-state index in [2.05, 4.69) is 10.3 Å². The molecule has 0 bridgehead atoms. The van der Waals surface area contributed by atoms with Gasteiger partial charge in [-0.2, -0.15) is 0 Å². The van der Waals surface area contributed by atoms with Crippen molar-refractivity contribution in [1.82, 2.24) is 10.3 Å². The summed E-state index contributed by atoms with van der Waals surface area (Å²) in [6, 6.07) is 11.1. The van der Waals surface area contributed by atoms with Gasteiger partial charge in [-0.3, -0.25) is 4.79 Å². The summed E-state index contributed by atoms with van der Waals surface area (Å²) in [5, 5.41) is 2.99. The van der Waals surface area contributed by atoms with Crippen molar-refractivity contribution in [3.05, 3.63) is 64.7 Å². The Morgan fingerprint density at radius 2 is 2.05 bits per heavy atom. The Morgan fingerprint density at radius 1 is 1.26 bits per heavy atom. The fourth-order valence-corrected chi connectivity index (χ4v) is 1.80. The zero-order valence-corrected chi connectivity index (χ0v) is 10.8. The van der Waals surface area contributed by atoms with Crippen LogP contribution in [0.2, 0.25) is 5.15 Å². The van der Waals surface area contributed by atoms with E-state index in [1.165, 1.54) is 12.1 Å². The number of nitrogens with one attached hydrogen (secondary N) is 1. The van der Waals surface area contributed by atoms with Gasteiger partial charge in [0.1, 0.15) is 16.7 Å². The molecule has 98 valence electrons. The summed E-state index contributed by atoms with van der Waals surface area (Å²) < 4.78 is 13.0. The molecule has 0 spiro atoms. The lowest BCUT2D eigenvalue weighted by Gasteiger charge is -2.05. The highest BCUT2D eigenvalue weighted by molar-refractivity contribution is 6.29. The monoisotopic (exact) mass is 278 g/mol. The van der Waals surface area contributed by atoms with Gasteiger partial charge in [0, 0.05) is 6.54 Å². The van der Waals surface area contributed by atoms with Crippen LogP contribution in [0.4, 0.5) is 4.39 Å². The molecule has 0 saturated heterocycles. The minimum absolute atomic E-state index is 0.270. The lowest BCUT2D eigenvalue weighted by molar-refractivity contribution is 0.0949. The van der Waals surface area contributed by atoms with Crippen LogP contribution in [0.25, 0.3) is 0 Å². The fourth-order valence-electron chi connectivity index (χ4n) is 1.64. The third-order valence-electron chi connectivity index (χ3n) is 2.54. The number of carbonyl (C=O) groups is 1. The Kier molecular flexibility index (Phi) is 4.47. The third-order valence-corrected chi connectivity index (χ3v) is 2.75. The first-order chi connectivity index (χ1) is 9.15. The molecule has 5 heteroatoms. The van der Waals surface area contributed by atoms with E-state index < -0.39 is 0 Å². The van der Waals surface area contributed by atoms with E-state index in [-0.39, 0.29) is 22.6 Å². The second kappa shape index (κ2) is 6.29. The maximum atomic E-state index is 13.0. The summed E-state index contributed by atoms with van der Waals surface area (Å²) in [6.07, 6.45) is 0.560. The van der Waals surface area contributed by atoms with Crippen molar-refractivity contribution in [3.63, 3.8) is 0 Å². The average molecular weight is 279 g/mol. The molecule has 0 fully saturated rings. The topological polar surface area (TPSA) is 42.0 Å². The van der Waals surface area contributed by atoms with E-state index in [1.54, 1.807) is 24.3 Å². The van der Waals surface area contributed by atoms with E-state index in [4.69, 9.17) is 11.6 Å². The second-order valence-electron chi connectivity index (χ2n) is 3.98. The molecule has 1 N–H and O–H groups in total. The van der Waals surface area contributed by atoms with Crippen molar-refractivity contribution < 1.29 is 9.18 Å². The number of amides is 1. The number of hydrogen-bond donors (Lipinski definition) is 1. The number of benzene rings is 1. The second-order valence-corrected chi connectivity index (χ2v) is 4.37. The Hall–Kier alpha value is -1.94. The quantitative estimate of drug-likeness (QED) is 0.874. The number of carbonyl (C=O) groups excluding carboxylic acids is 1. The van der Waals surface area contributed by atoms with Gasteiger partial charge in [-0.05, 0) is 36.2 Å². The van der Waals surface area contributed by atoms with Crippen molar-refractivity contribution in [3.8, 4) is 0 Å². The molecule has 0 aliphatic rings. The highest BCUT2D eigenvalue weighted by Gasteiger charge is 2.06. The fraction of sp³-hybridized carbons (Fsp3) is 0.143. The van der Waals surface area contributed by atoms with E-state index in [9.17, 15) is 9.18 Å². The van der Waals surface area contributed by atoms with Gasteiger partial charge >= 0.3 is 0 Å². The van der Waals surface area contributed by atoms with Gasteiger partial charge in [-0.1, -0.05) is 29.8 Å². The van der Waals surface area contributed by atoms with E-state index in [1.807, 2.05) is 6.07 Å². The molecule has 3 nitrogen and oxygen atoms in total. The Morgan fingerprint density at radius 3 is 2.79 bits per heavy atom. The summed E-state index contributed by atoms with van der Waals surface area (Å²) in [5.41, 5.74) is 1.10. The van der Waals surface area contributed by atoms with Gasteiger partial charge in [-0.25, -0.2) is 9.37 Å². The molecule has 1 heterocycles. The SMILES string of the molecule is O=C(NCCc1cccc(F)c1)c1cccc(Cl)n1. The minimum Gasteiger partial charge on any atom is -0.350 e. The first-order valence-corrected chi connectivity index (χ1v) is 6.18. The molecule has 0 aliphatic heterocycles. The molecule has 0 atom stereocenters. The highest BCUT2D eigenvalue weighted by Crippen LogP contribution is 2.06. The molecular formula is C14H12ClFN2O. The summed E-state index contributed by atoms with van der Waals surface area (Å²) >= 11 is 5.70. The van der Waals surface area contributed by atoms with Crippen LogP contribution in [0.5, 0.6) is 0 Å². The molecule has 19 heavy (non-hydrogen) atoms. The molecule has 1 amide bonds. The zero-order valence-electron chi connectivity index (χ0n) is 10.1. The summed E-state index contributed by atoms with van der Waals surface area (Å²) in [6.45, 7) is 0.413. The zero-order chi connectivity index (χ0) is 13.7. The number of pyridine rings is 1. The molecule has 2 aromatic rings. The van der Waals surface area contributed by atoms with Crippen LogP contribution in [-0.4, -0.2) is 17.4 Å². The van der Waals surface area contributed by atoms with Gasteiger partial charge in [0.05, 0.1) is 0 Å². The van der Waals surface area contributed by atoms with E-state index >= 15 is 0 Å². The maximum absolute atomic E-state index is 13.0. The van der Waals surface area contributed by atoms with Crippen LogP contribution in [-0.2, 0) is 6.42 Å². The van der Waals surface area contributed by atoms with E-state index in [0.717, 1.165) is 5.56 Å². The lowest BCUT2D eigenvalue weighted by atomic mass is 10.1. The van der Waals surface area contributed by atoms with Crippen LogP contribution in [0, 0.1) is 5.82 Å². The first-order valence-electron chi connectivity index (χ1n) is 5.80. The van der Waals surface area contributed by atoms with Crippen LogP contribution < -0.4 is 5.32 Å². The predicted molar refractivity (Wildman–Crippen MR) is 71.7 cm³/mol. The van der Waals surface area contributed by atoms with Gasteiger partial charge in [-0.15, -0.1) is 0 Å². The number of rotatable bonds is 4. The van der Waals surface area contributed by atoms with Gasteiger partial charge < -0.3 is 5.32 Å². The van der Waals surface area contributed by atoms with Crippen molar-refractivity contribution in [2.45, 2.75) is 6.42 Å². The Balaban J connectivity index is 1.87. The smallest absolute Gasteiger partial charge is 0.269 e. The molecule has 0 saturated carbocycles. The average Bonchev–Trinajstić information content (AvgIpc) is 2.38. The third kappa shape index (κ3) is 4.03. The van der Waals surface area contributed by atoms with Crippen LogP contribution in [0.3, 0.4) is 0 Å². The molecule has 0 aliphatic carbocycles. The van der Waals surface area contributed by atoms with Crippen LogP contribution in [0.1, 0.15) is 16.1 Å². The molecule has 0 unspecified atom stereocenters. The highest BCUT2D eigenvalue weighted by atomic mass is 35.5. The molecule has 0 radical (unpaired) electrons. The van der Waals surface area contributed by atoms with Crippen molar-refractivity contribution in [1.29, 1.82) is 0 Å². The largest absolute Gasteiger partial charge is 0.350 e. The summed E-state index contributed by atoms with van der Waals surface area (Å²) in [4.78, 5) is 15.7. The summed E-state index contributed by atoms with van der Waals surface area (Å²) in [5.74, 6) is -0.570. The van der Waals surface area contributed by atoms with Crippen LogP contribution in [0.15, 0.2) is 42.5 Å². The maximum Gasteiger partial charge on any atom is 0.269 e. The number of aromatic nitrogens is 1. The number of halogens is 2. The Bertz CT molecular complexity index is 589. The van der Waals surface area contributed by atoms with Crippen molar-refractivity contribution >= 4 is 17.5 Å². The summed E-state index contributed by atoms with van der Waals surface area (Å²) in [7, 11) is 0. The van der Waals surface area contributed by atoms with Gasteiger partial charge in [0.15, 0.2) is 0 Å². The normalized spacial score (nSPS) is 10.2. The molecule has 1 aromatic carbocycles. The van der Waals surface area contributed by atoms with E-state index in [0.29, 0.717) is 13.0 Å². The minimum atomic E-state index is -0.293. The van der Waals surface area contributed by atoms with Crippen LogP contribution >= 0.6 is 11.6 Å². The molecule has 2 rings (SSSR count). The lowest BCUT2D eigenvalue weighted by Crippen LogP contribution is -2.26. The number of nitrogens with zero attached hydrogens (tertiary/aromatic N) is 1. The van der Waals surface area contributed by atoms with Crippen molar-refractivity contribution in [2.75, 3.05) is 6.54 Å². The molecular weight excluding hydrogens is 267 g/mol. The van der Waals surface area contributed by atoms with Gasteiger partial charge in [0.25, 0.3) is 5.91 Å². The predicted octanol–water partition coefficient (Wildman–Crippen LogP) is 2.85. The molecule has 1 aromatic heterocycles. The van der Waals surface area contributed by atoms with Gasteiger partial charge in [0.2, 0.25) is 0 Å².